The van der Waals surface area contributed by atoms with E-state index in [2.05, 4.69) is 20.4 Å². The van der Waals surface area contributed by atoms with Crippen molar-refractivity contribution >= 4 is 17.7 Å². The summed E-state index contributed by atoms with van der Waals surface area (Å²) in [6, 6.07) is 5.42. The van der Waals surface area contributed by atoms with E-state index in [0.29, 0.717) is 11.4 Å². The van der Waals surface area contributed by atoms with Crippen LogP contribution in [0, 0.1) is 20.8 Å². The van der Waals surface area contributed by atoms with E-state index in [1.807, 2.05) is 26.8 Å². The third-order valence-corrected chi connectivity index (χ3v) is 3.87. The number of nitrogens with two attached hydrogens (primary N) is 1. The number of nitrogen functional groups attached to an aromatic ring is 1. The third-order valence-electron chi connectivity index (χ3n) is 3.87. The molecule has 0 aliphatic carbocycles. The van der Waals surface area contributed by atoms with Gasteiger partial charge in [0.05, 0.1) is 5.69 Å². The Morgan fingerprint density at radius 3 is 2.50 bits per heavy atom. The first-order valence-electron chi connectivity index (χ1n) is 7.38. The molecule has 24 heavy (non-hydrogen) atoms. The van der Waals surface area contributed by atoms with Crippen LogP contribution in [0.2, 0.25) is 0 Å². The Bertz CT molecular complexity index is 900. The van der Waals surface area contributed by atoms with Crippen molar-refractivity contribution in [2.75, 3.05) is 11.1 Å². The first-order chi connectivity index (χ1) is 11.5. The number of rotatable bonds is 3. The zero-order chi connectivity index (χ0) is 17.3. The number of aromatic nitrogens is 3. The van der Waals surface area contributed by atoms with E-state index < -0.39 is 0 Å². The molecule has 0 saturated heterocycles. The summed E-state index contributed by atoms with van der Waals surface area (Å²) < 4.78 is 5.12. The van der Waals surface area contributed by atoms with Crippen molar-refractivity contribution in [2.24, 2.45) is 0 Å². The summed E-state index contributed by atoms with van der Waals surface area (Å²) in [6.07, 6.45) is 3.27. The van der Waals surface area contributed by atoms with Gasteiger partial charge in [-0.2, -0.15) is 0 Å². The molecule has 3 N–H and O–H groups in total. The number of anilines is 2. The maximum Gasteiger partial charge on any atom is 0.258 e. The third kappa shape index (κ3) is 2.96. The first-order valence-corrected chi connectivity index (χ1v) is 7.38. The summed E-state index contributed by atoms with van der Waals surface area (Å²) >= 11 is 0. The van der Waals surface area contributed by atoms with Crippen molar-refractivity contribution < 1.29 is 9.32 Å². The molecule has 3 aromatic rings. The molecule has 0 bridgehead atoms. The van der Waals surface area contributed by atoms with E-state index in [9.17, 15) is 4.79 Å². The predicted octanol–water partition coefficient (Wildman–Crippen LogP) is 2.89. The fraction of sp³-hybridized carbons (Fsp3) is 0.176. The van der Waals surface area contributed by atoms with Gasteiger partial charge in [-0.25, -0.2) is 9.97 Å². The van der Waals surface area contributed by atoms with Crippen LogP contribution in [-0.2, 0) is 0 Å². The smallest absolute Gasteiger partial charge is 0.258 e. The zero-order valence-corrected chi connectivity index (χ0v) is 13.6. The Labute approximate surface area is 138 Å². The number of nitrogens with zero attached hydrogens (tertiary/aromatic N) is 3. The maximum absolute atomic E-state index is 12.5. The van der Waals surface area contributed by atoms with Gasteiger partial charge in [-0.05, 0) is 44.0 Å². The van der Waals surface area contributed by atoms with E-state index in [-0.39, 0.29) is 11.9 Å². The van der Waals surface area contributed by atoms with Crippen molar-refractivity contribution in [1.82, 2.24) is 15.1 Å². The van der Waals surface area contributed by atoms with Gasteiger partial charge in [0.25, 0.3) is 5.91 Å². The molecule has 2 aromatic heterocycles. The Hall–Kier alpha value is -3.22. The summed E-state index contributed by atoms with van der Waals surface area (Å²) in [5, 5.41) is 6.57. The van der Waals surface area contributed by atoms with Crippen LogP contribution < -0.4 is 11.1 Å². The molecule has 1 aromatic carbocycles. The Morgan fingerprint density at radius 2 is 1.88 bits per heavy atom. The van der Waals surface area contributed by atoms with Crippen LogP contribution in [-0.4, -0.2) is 21.0 Å². The quantitative estimate of drug-likeness (QED) is 0.767. The minimum atomic E-state index is -0.271. The molecule has 0 aliphatic rings. The van der Waals surface area contributed by atoms with E-state index in [0.717, 1.165) is 27.9 Å². The summed E-state index contributed by atoms with van der Waals surface area (Å²) in [7, 11) is 0. The number of nitrogens with one attached hydrogen (secondary N) is 1. The highest BCUT2D eigenvalue weighted by Crippen LogP contribution is 2.25. The standard InChI is InChI=1S/C17H17N5O2/c1-9-4-5-12(6-14(9)13-7-19-17(18)20-8-13)15(23)21-16-10(2)11(3)22-24-16/h4-8H,1-3H3,(H,21,23)(H2,18,19,20). The predicted molar refractivity (Wildman–Crippen MR) is 90.5 cm³/mol. The highest BCUT2D eigenvalue weighted by atomic mass is 16.5. The lowest BCUT2D eigenvalue weighted by molar-refractivity contribution is 0.102. The summed E-state index contributed by atoms with van der Waals surface area (Å²) in [5.74, 6) is 0.295. The van der Waals surface area contributed by atoms with Crippen molar-refractivity contribution in [2.45, 2.75) is 20.8 Å². The zero-order valence-electron chi connectivity index (χ0n) is 13.6. The second-order valence-electron chi connectivity index (χ2n) is 5.54. The van der Waals surface area contributed by atoms with Crippen molar-refractivity contribution in [3.8, 4) is 11.1 Å². The van der Waals surface area contributed by atoms with Crippen LogP contribution in [0.25, 0.3) is 11.1 Å². The number of amides is 1. The summed E-state index contributed by atoms with van der Waals surface area (Å²) in [5.41, 5.74) is 10.2. The number of hydrogen-bond donors (Lipinski definition) is 2. The van der Waals surface area contributed by atoms with Gasteiger partial charge in [0.1, 0.15) is 0 Å². The SMILES string of the molecule is Cc1ccc(C(=O)Nc2onc(C)c2C)cc1-c1cnc(N)nc1. The molecule has 0 radical (unpaired) electrons. The Morgan fingerprint density at radius 1 is 1.17 bits per heavy atom. The van der Waals surface area contributed by atoms with E-state index >= 15 is 0 Å². The van der Waals surface area contributed by atoms with Crippen molar-refractivity contribution in [3.05, 3.63) is 53.0 Å². The molecule has 7 heteroatoms. The monoisotopic (exact) mass is 323 g/mol. The second-order valence-corrected chi connectivity index (χ2v) is 5.54. The minimum Gasteiger partial charge on any atom is -0.368 e. The molecule has 0 saturated carbocycles. The van der Waals surface area contributed by atoms with Gasteiger partial charge >= 0.3 is 0 Å². The van der Waals surface area contributed by atoms with Crippen LogP contribution in [0.3, 0.4) is 0 Å². The largest absolute Gasteiger partial charge is 0.368 e. The van der Waals surface area contributed by atoms with Crippen LogP contribution in [0.1, 0.15) is 27.2 Å². The van der Waals surface area contributed by atoms with E-state index in [1.54, 1.807) is 24.5 Å². The second kappa shape index (κ2) is 6.11. The van der Waals surface area contributed by atoms with Crippen LogP contribution in [0.4, 0.5) is 11.8 Å². The fourth-order valence-corrected chi connectivity index (χ4v) is 2.26. The topological polar surface area (TPSA) is 107 Å². The lowest BCUT2D eigenvalue weighted by Gasteiger charge is -2.09. The van der Waals surface area contributed by atoms with E-state index in [1.165, 1.54) is 0 Å². The summed E-state index contributed by atoms with van der Waals surface area (Å²) in [6.45, 7) is 5.62. The molecule has 3 rings (SSSR count). The average molecular weight is 323 g/mol. The van der Waals surface area contributed by atoms with Crippen LogP contribution in [0.15, 0.2) is 35.1 Å². The first kappa shape index (κ1) is 15.7. The van der Waals surface area contributed by atoms with Gasteiger partial charge in [0.15, 0.2) is 0 Å². The normalized spacial score (nSPS) is 10.6. The highest BCUT2D eigenvalue weighted by molar-refractivity contribution is 6.04. The molecule has 0 spiro atoms. The molecule has 2 heterocycles. The lowest BCUT2D eigenvalue weighted by atomic mass is 10.00. The number of hydrogen-bond acceptors (Lipinski definition) is 6. The molecule has 0 aliphatic heterocycles. The molecule has 122 valence electrons. The van der Waals surface area contributed by atoms with Crippen molar-refractivity contribution in [3.63, 3.8) is 0 Å². The molecular weight excluding hydrogens is 306 g/mol. The van der Waals surface area contributed by atoms with Gasteiger partial charge in [0.2, 0.25) is 11.8 Å². The Balaban J connectivity index is 1.91. The van der Waals surface area contributed by atoms with Gasteiger partial charge in [0, 0.05) is 29.1 Å². The van der Waals surface area contributed by atoms with Gasteiger partial charge in [-0.3, -0.25) is 10.1 Å². The maximum atomic E-state index is 12.5. The summed E-state index contributed by atoms with van der Waals surface area (Å²) in [4.78, 5) is 20.5. The van der Waals surface area contributed by atoms with Crippen LogP contribution >= 0.6 is 0 Å². The number of aryl methyl sites for hydroxylation is 2. The van der Waals surface area contributed by atoms with Gasteiger partial charge in [-0.15, -0.1) is 0 Å². The average Bonchev–Trinajstić information content (AvgIpc) is 2.88. The molecule has 1 amide bonds. The number of benzene rings is 1. The molecule has 7 nitrogen and oxygen atoms in total. The molecule has 0 unspecified atom stereocenters. The van der Waals surface area contributed by atoms with Gasteiger partial charge < -0.3 is 10.3 Å². The lowest BCUT2D eigenvalue weighted by Crippen LogP contribution is -2.12. The fourth-order valence-electron chi connectivity index (χ4n) is 2.26. The molecular formula is C17H17N5O2. The van der Waals surface area contributed by atoms with E-state index in [4.69, 9.17) is 10.3 Å². The molecule has 0 fully saturated rings. The Kier molecular flexibility index (Phi) is 3.99. The molecule has 0 atom stereocenters. The van der Waals surface area contributed by atoms with Crippen molar-refractivity contribution in [1.29, 1.82) is 0 Å². The van der Waals surface area contributed by atoms with Crippen LogP contribution in [0.5, 0.6) is 0 Å². The number of carbonyl (C=O) groups excluding carboxylic acids is 1. The van der Waals surface area contributed by atoms with Gasteiger partial charge in [-0.1, -0.05) is 11.2 Å². The highest BCUT2D eigenvalue weighted by Gasteiger charge is 2.15. The number of carbonyl (C=O) groups is 1. The minimum absolute atomic E-state index is 0.210.